The van der Waals surface area contributed by atoms with Crippen LogP contribution in [0.3, 0.4) is 0 Å². The van der Waals surface area contributed by atoms with Gasteiger partial charge in [0, 0.05) is 24.7 Å². The third-order valence-corrected chi connectivity index (χ3v) is 3.60. The number of aromatic nitrogens is 1. The molecule has 1 aromatic heterocycles. The van der Waals surface area contributed by atoms with Crippen molar-refractivity contribution in [1.29, 1.82) is 0 Å². The quantitative estimate of drug-likeness (QED) is 0.849. The zero-order chi connectivity index (χ0) is 12.3. The Morgan fingerprint density at radius 2 is 2.29 bits per heavy atom. The first-order chi connectivity index (χ1) is 8.22. The van der Waals surface area contributed by atoms with Crippen LogP contribution in [-0.4, -0.2) is 35.7 Å². The van der Waals surface area contributed by atoms with Gasteiger partial charge in [0.2, 0.25) is 0 Å². The Hall–Kier alpha value is -0.870. The van der Waals surface area contributed by atoms with Gasteiger partial charge < -0.3 is 9.84 Å². The molecule has 0 amide bonds. The summed E-state index contributed by atoms with van der Waals surface area (Å²) in [6.07, 6.45) is 2.45. The van der Waals surface area contributed by atoms with Gasteiger partial charge in [-0.25, -0.2) is 0 Å². The maximum absolute atomic E-state index is 5.24. The molecule has 1 aromatic rings. The average molecular weight is 237 g/mol. The van der Waals surface area contributed by atoms with Crippen molar-refractivity contribution in [3.63, 3.8) is 0 Å². The highest BCUT2D eigenvalue weighted by Gasteiger charge is 2.23. The highest BCUT2D eigenvalue weighted by Crippen LogP contribution is 2.18. The van der Waals surface area contributed by atoms with Gasteiger partial charge in [0.1, 0.15) is 5.76 Å². The fraction of sp³-hybridized carbons (Fsp3) is 0.769. The topological polar surface area (TPSA) is 41.3 Å². The normalized spacial score (nSPS) is 20.4. The molecular formula is C13H23N3O. The van der Waals surface area contributed by atoms with Gasteiger partial charge in [0.05, 0.1) is 5.69 Å². The minimum absolute atomic E-state index is 0.670. The van der Waals surface area contributed by atoms with E-state index in [1.165, 1.54) is 18.4 Å². The second kappa shape index (κ2) is 5.65. The number of rotatable bonds is 5. The van der Waals surface area contributed by atoms with Crippen LogP contribution < -0.4 is 5.32 Å². The summed E-state index contributed by atoms with van der Waals surface area (Å²) >= 11 is 0. The van der Waals surface area contributed by atoms with E-state index in [1.807, 2.05) is 13.8 Å². The summed E-state index contributed by atoms with van der Waals surface area (Å²) < 4.78 is 5.24. The maximum Gasteiger partial charge on any atom is 0.138 e. The van der Waals surface area contributed by atoms with Crippen molar-refractivity contribution >= 4 is 0 Å². The molecule has 1 unspecified atom stereocenters. The van der Waals surface area contributed by atoms with Gasteiger partial charge in [0.15, 0.2) is 0 Å². The van der Waals surface area contributed by atoms with Crippen molar-refractivity contribution in [1.82, 2.24) is 15.4 Å². The molecule has 1 aliphatic heterocycles. The van der Waals surface area contributed by atoms with Crippen molar-refractivity contribution in [2.45, 2.75) is 46.2 Å². The predicted octanol–water partition coefficient (Wildman–Crippen LogP) is 1.87. The zero-order valence-corrected chi connectivity index (χ0v) is 11.1. The van der Waals surface area contributed by atoms with Gasteiger partial charge in [-0.1, -0.05) is 12.1 Å². The van der Waals surface area contributed by atoms with E-state index < -0.39 is 0 Å². The third-order valence-electron chi connectivity index (χ3n) is 3.60. The number of nitrogens with zero attached hydrogens (tertiary/aromatic N) is 2. The Morgan fingerprint density at radius 1 is 1.47 bits per heavy atom. The summed E-state index contributed by atoms with van der Waals surface area (Å²) in [5, 5.41) is 7.48. The molecule has 2 heterocycles. The largest absolute Gasteiger partial charge is 0.361 e. The smallest absolute Gasteiger partial charge is 0.138 e. The van der Waals surface area contributed by atoms with E-state index in [1.54, 1.807) is 0 Å². The van der Waals surface area contributed by atoms with Crippen LogP contribution in [0.4, 0.5) is 0 Å². The number of nitrogens with one attached hydrogen (secondary N) is 1. The molecule has 4 heteroatoms. The Labute approximate surface area is 103 Å². The first-order valence-electron chi connectivity index (χ1n) is 6.59. The lowest BCUT2D eigenvalue weighted by Crippen LogP contribution is -2.37. The van der Waals surface area contributed by atoms with E-state index in [9.17, 15) is 0 Å². The second-order valence-electron chi connectivity index (χ2n) is 4.92. The summed E-state index contributed by atoms with van der Waals surface area (Å²) in [4.78, 5) is 2.56. The third kappa shape index (κ3) is 2.87. The summed E-state index contributed by atoms with van der Waals surface area (Å²) in [7, 11) is 0. The van der Waals surface area contributed by atoms with E-state index >= 15 is 0 Å². The molecule has 2 rings (SSSR count). The van der Waals surface area contributed by atoms with Crippen LogP contribution in [0.25, 0.3) is 0 Å². The fourth-order valence-electron chi connectivity index (χ4n) is 2.56. The van der Waals surface area contributed by atoms with Gasteiger partial charge >= 0.3 is 0 Å². The number of aryl methyl sites for hydroxylation is 2. The first kappa shape index (κ1) is 12.6. The van der Waals surface area contributed by atoms with Crippen LogP contribution in [0.2, 0.25) is 0 Å². The van der Waals surface area contributed by atoms with Crippen LogP contribution >= 0.6 is 0 Å². The standard InChI is InChI=1S/C13H23N3O/c1-4-7-16(12-5-6-14-8-12)9-13-10(2)15-17-11(13)3/h12,14H,4-9H2,1-3H3. The minimum atomic E-state index is 0.670. The molecule has 0 aliphatic carbocycles. The molecule has 1 fully saturated rings. The fourth-order valence-corrected chi connectivity index (χ4v) is 2.56. The number of hydrogen-bond donors (Lipinski definition) is 1. The molecule has 17 heavy (non-hydrogen) atoms. The zero-order valence-electron chi connectivity index (χ0n) is 11.1. The van der Waals surface area contributed by atoms with Crippen LogP contribution in [0.15, 0.2) is 4.52 Å². The Balaban J connectivity index is 2.06. The van der Waals surface area contributed by atoms with Crippen molar-refractivity contribution in [2.24, 2.45) is 0 Å². The molecule has 1 atom stereocenters. The highest BCUT2D eigenvalue weighted by molar-refractivity contribution is 5.20. The summed E-state index contributed by atoms with van der Waals surface area (Å²) in [6.45, 7) is 10.7. The van der Waals surface area contributed by atoms with Crippen LogP contribution in [0, 0.1) is 13.8 Å². The molecule has 0 radical (unpaired) electrons. The van der Waals surface area contributed by atoms with Crippen molar-refractivity contribution < 1.29 is 4.52 Å². The predicted molar refractivity (Wildman–Crippen MR) is 68.0 cm³/mol. The van der Waals surface area contributed by atoms with Gasteiger partial charge in [-0.05, 0) is 39.8 Å². The van der Waals surface area contributed by atoms with Crippen LogP contribution in [-0.2, 0) is 6.54 Å². The van der Waals surface area contributed by atoms with Gasteiger partial charge in [-0.15, -0.1) is 0 Å². The molecule has 0 spiro atoms. The lowest BCUT2D eigenvalue weighted by atomic mass is 10.1. The average Bonchev–Trinajstić information content (AvgIpc) is 2.93. The van der Waals surface area contributed by atoms with E-state index in [0.717, 1.165) is 37.6 Å². The molecular weight excluding hydrogens is 214 g/mol. The molecule has 1 saturated heterocycles. The molecule has 0 aromatic carbocycles. The van der Waals surface area contributed by atoms with Crippen molar-refractivity contribution in [3.8, 4) is 0 Å². The summed E-state index contributed by atoms with van der Waals surface area (Å²) in [6, 6.07) is 0.670. The van der Waals surface area contributed by atoms with Crippen LogP contribution in [0.5, 0.6) is 0 Å². The van der Waals surface area contributed by atoms with E-state index in [0.29, 0.717) is 6.04 Å². The van der Waals surface area contributed by atoms with Crippen LogP contribution in [0.1, 0.15) is 36.8 Å². The van der Waals surface area contributed by atoms with Gasteiger partial charge in [-0.2, -0.15) is 0 Å². The van der Waals surface area contributed by atoms with Gasteiger partial charge in [0.25, 0.3) is 0 Å². The highest BCUT2D eigenvalue weighted by atomic mass is 16.5. The Kier molecular flexibility index (Phi) is 4.18. The molecule has 1 N–H and O–H groups in total. The van der Waals surface area contributed by atoms with Crippen molar-refractivity contribution in [3.05, 3.63) is 17.0 Å². The summed E-state index contributed by atoms with van der Waals surface area (Å²) in [5.74, 6) is 0.967. The Bertz CT molecular complexity index is 336. The first-order valence-corrected chi connectivity index (χ1v) is 6.59. The Morgan fingerprint density at radius 3 is 2.82 bits per heavy atom. The molecule has 0 bridgehead atoms. The molecule has 4 nitrogen and oxygen atoms in total. The SMILES string of the molecule is CCCN(Cc1c(C)noc1C)C1CCNC1. The molecule has 1 aliphatic rings. The maximum atomic E-state index is 5.24. The van der Waals surface area contributed by atoms with Gasteiger partial charge in [-0.3, -0.25) is 4.90 Å². The minimum Gasteiger partial charge on any atom is -0.361 e. The lowest BCUT2D eigenvalue weighted by Gasteiger charge is -2.27. The summed E-state index contributed by atoms with van der Waals surface area (Å²) in [5.41, 5.74) is 2.31. The second-order valence-corrected chi connectivity index (χ2v) is 4.92. The molecule has 96 valence electrons. The van der Waals surface area contributed by atoms with E-state index in [4.69, 9.17) is 4.52 Å². The lowest BCUT2D eigenvalue weighted by molar-refractivity contribution is 0.198. The number of hydrogen-bond acceptors (Lipinski definition) is 4. The molecule has 0 saturated carbocycles. The van der Waals surface area contributed by atoms with E-state index in [-0.39, 0.29) is 0 Å². The van der Waals surface area contributed by atoms with Crippen molar-refractivity contribution in [2.75, 3.05) is 19.6 Å². The van der Waals surface area contributed by atoms with E-state index in [2.05, 4.69) is 22.3 Å². The monoisotopic (exact) mass is 237 g/mol.